The summed E-state index contributed by atoms with van der Waals surface area (Å²) >= 11 is 0. The summed E-state index contributed by atoms with van der Waals surface area (Å²) in [7, 11) is 1.72. The molecule has 0 aliphatic carbocycles. The van der Waals surface area contributed by atoms with E-state index in [0.29, 0.717) is 23.8 Å². The van der Waals surface area contributed by atoms with Gasteiger partial charge < -0.3 is 14.4 Å². The Balaban J connectivity index is 1.60. The molecule has 0 saturated carbocycles. The minimum absolute atomic E-state index is 0.0271. The smallest absolute Gasteiger partial charge is 0.262 e. The van der Waals surface area contributed by atoms with Crippen molar-refractivity contribution in [2.24, 2.45) is 10.5 Å². The van der Waals surface area contributed by atoms with Crippen LogP contribution in [0.5, 0.6) is 5.75 Å². The number of amidine groups is 1. The molecule has 2 aromatic carbocycles. The minimum atomic E-state index is -0.415. The monoisotopic (exact) mass is 466 g/mol. The van der Waals surface area contributed by atoms with Crippen molar-refractivity contribution in [1.82, 2.24) is 10.3 Å². The van der Waals surface area contributed by atoms with Gasteiger partial charge in [0.1, 0.15) is 24.2 Å². The number of likely N-dealkylation sites (tertiary alicyclic amines) is 1. The van der Waals surface area contributed by atoms with Gasteiger partial charge in [0.05, 0.1) is 12.3 Å². The molecule has 7 nitrogen and oxygen atoms in total. The van der Waals surface area contributed by atoms with Crippen LogP contribution in [0.15, 0.2) is 41.5 Å². The Labute approximate surface area is 199 Å². The van der Waals surface area contributed by atoms with E-state index in [2.05, 4.69) is 35.3 Å². The molecule has 0 unspecified atom stereocenters. The first-order valence-electron chi connectivity index (χ1n) is 11.7. The lowest BCUT2D eigenvalue weighted by molar-refractivity contribution is -0.122. The van der Waals surface area contributed by atoms with Gasteiger partial charge in [-0.05, 0) is 47.6 Å². The van der Waals surface area contributed by atoms with Crippen LogP contribution >= 0.6 is 0 Å². The summed E-state index contributed by atoms with van der Waals surface area (Å²) in [6.07, 6.45) is 0. The number of methoxy groups -OCH3 is 1. The summed E-state index contributed by atoms with van der Waals surface area (Å²) in [5.74, 6) is 1.01. The predicted octanol–water partition coefficient (Wildman–Crippen LogP) is 3.60. The molecule has 180 valence electrons. The highest BCUT2D eigenvalue weighted by Crippen LogP contribution is 2.49. The normalized spacial score (nSPS) is 22.0. The summed E-state index contributed by atoms with van der Waals surface area (Å²) in [4.78, 5) is 16.7. The maximum Gasteiger partial charge on any atom is 0.262 e. The molecular weight excluding hydrogens is 435 g/mol. The molecule has 1 N–H and O–H groups in total. The Morgan fingerprint density at radius 1 is 1.29 bits per heavy atom. The van der Waals surface area contributed by atoms with Crippen LogP contribution in [0.1, 0.15) is 32.3 Å². The summed E-state index contributed by atoms with van der Waals surface area (Å²) in [5.41, 5.74) is 5.82. The van der Waals surface area contributed by atoms with E-state index in [9.17, 15) is 9.18 Å². The highest BCUT2D eigenvalue weighted by atomic mass is 19.1. The van der Waals surface area contributed by atoms with Gasteiger partial charge in [-0.2, -0.15) is 5.10 Å². The number of amides is 1. The van der Waals surface area contributed by atoms with Crippen molar-refractivity contribution in [3.05, 3.63) is 47.8 Å². The van der Waals surface area contributed by atoms with E-state index >= 15 is 0 Å². The topological polar surface area (TPSA) is 66.4 Å². The zero-order valence-corrected chi connectivity index (χ0v) is 20.1. The van der Waals surface area contributed by atoms with Crippen LogP contribution < -0.4 is 15.1 Å². The van der Waals surface area contributed by atoms with Gasteiger partial charge >= 0.3 is 0 Å². The van der Waals surface area contributed by atoms with Crippen LogP contribution in [0.25, 0.3) is 11.1 Å². The number of hydrazone groups is 1. The molecule has 0 spiro atoms. The van der Waals surface area contributed by atoms with E-state index in [-0.39, 0.29) is 29.7 Å². The second-order valence-electron chi connectivity index (χ2n) is 9.80. The zero-order chi connectivity index (χ0) is 24.0. The lowest BCUT2D eigenvalue weighted by Gasteiger charge is -2.52. The fourth-order valence-corrected chi connectivity index (χ4v) is 5.36. The zero-order valence-electron chi connectivity index (χ0n) is 20.1. The number of fused-ring (bicyclic) bond motifs is 3. The van der Waals surface area contributed by atoms with E-state index in [1.807, 2.05) is 30.0 Å². The molecule has 0 bridgehead atoms. The van der Waals surface area contributed by atoms with Gasteiger partial charge in [0, 0.05) is 32.3 Å². The molecule has 8 heteroatoms. The third kappa shape index (κ3) is 3.75. The summed E-state index contributed by atoms with van der Waals surface area (Å²) < 4.78 is 26.2. The molecule has 0 aromatic heterocycles. The highest BCUT2D eigenvalue weighted by molar-refractivity contribution is 6.09. The summed E-state index contributed by atoms with van der Waals surface area (Å²) in [6, 6.07) is 10.5. The summed E-state index contributed by atoms with van der Waals surface area (Å²) in [5, 5.41) is 4.21. The molecule has 1 fully saturated rings. The second kappa shape index (κ2) is 8.67. The highest BCUT2D eigenvalue weighted by Gasteiger charge is 2.45. The number of benzene rings is 2. The first-order valence-corrected chi connectivity index (χ1v) is 11.7. The van der Waals surface area contributed by atoms with Gasteiger partial charge in [-0.15, -0.1) is 0 Å². The van der Waals surface area contributed by atoms with E-state index in [1.165, 1.54) is 6.07 Å². The van der Waals surface area contributed by atoms with E-state index in [4.69, 9.17) is 9.47 Å². The van der Waals surface area contributed by atoms with Crippen molar-refractivity contribution in [1.29, 1.82) is 0 Å². The van der Waals surface area contributed by atoms with Crippen LogP contribution in [0, 0.1) is 11.2 Å². The molecule has 3 aliphatic rings. The van der Waals surface area contributed by atoms with Crippen molar-refractivity contribution in [3.63, 3.8) is 0 Å². The number of halogens is 1. The maximum absolute atomic E-state index is 15.0. The van der Waals surface area contributed by atoms with Gasteiger partial charge in [0.25, 0.3) is 5.91 Å². The predicted molar refractivity (Wildman–Crippen MR) is 130 cm³/mol. The van der Waals surface area contributed by atoms with Gasteiger partial charge in [-0.1, -0.05) is 32.0 Å². The lowest BCUT2D eigenvalue weighted by atomic mass is 9.67. The standard InChI is InChI=1S/C26H31FN4O3/c1-16(26(3)14-30(15-26)9-10-33-4)19-11-22-23(12-20(19)18-7-5-6-8-21(18)27)34-13-24-28-29-25(32)17(2)31(22)24/h5-8,11-12,16-17H,9-10,13-15H2,1-4H3,(H,29,32)/t16-,17-/m1/s1. The Hall–Kier alpha value is -2.97. The van der Waals surface area contributed by atoms with Gasteiger partial charge in [-0.25, -0.2) is 9.82 Å². The number of rotatable bonds is 6. The fourth-order valence-electron chi connectivity index (χ4n) is 5.36. The Bertz CT molecular complexity index is 1140. The number of anilines is 1. The van der Waals surface area contributed by atoms with Crippen LogP contribution in [0.3, 0.4) is 0 Å². The molecule has 0 radical (unpaired) electrons. The number of nitrogens with one attached hydrogen (secondary N) is 1. The van der Waals surface area contributed by atoms with Gasteiger partial charge in [0.15, 0.2) is 5.84 Å². The van der Waals surface area contributed by atoms with Crippen molar-refractivity contribution in [2.75, 3.05) is 44.9 Å². The van der Waals surface area contributed by atoms with Crippen molar-refractivity contribution in [3.8, 4) is 16.9 Å². The molecule has 2 aromatic rings. The van der Waals surface area contributed by atoms with Gasteiger partial charge in [-0.3, -0.25) is 9.69 Å². The van der Waals surface area contributed by atoms with E-state index < -0.39 is 6.04 Å². The maximum atomic E-state index is 15.0. The van der Waals surface area contributed by atoms with Crippen molar-refractivity contribution in [2.45, 2.75) is 32.7 Å². The molecular formula is C26H31FN4O3. The Morgan fingerprint density at radius 2 is 2.06 bits per heavy atom. The number of carbonyl (C=O) groups is 1. The first-order chi connectivity index (χ1) is 16.3. The summed E-state index contributed by atoms with van der Waals surface area (Å²) in [6.45, 7) is 10.1. The van der Waals surface area contributed by atoms with Crippen LogP contribution in [0.2, 0.25) is 0 Å². The Morgan fingerprint density at radius 3 is 2.79 bits per heavy atom. The molecule has 2 atom stereocenters. The number of ether oxygens (including phenoxy) is 2. The van der Waals surface area contributed by atoms with Crippen LogP contribution in [-0.2, 0) is 9.53 Å². The second-order valence-corrected chi connectivity index (χ2v) is 9.80. The average Bonchev–Trinajstić information content (AvgIpc) is 2.82. The Kier molecular flexibility index (Phi) is 5.81. The van der Waals surface area contributed by atoms with Crippen LogP contribution in [0.4, 0.5) is 10.1 Å². The molecule has 3 heterocycles. The number of hydrogen-bond donors (Lipinski definition) is 1. The SMILES string of the molecule is COCCN1CC(C)([C@H](C)c2cc3c(cc2-c2ccccc2F)OCC2=NNC(=O)[C@@H](C)N23)C1. The van der Waals surface area contributed by atoms with Crippen molar-refractivity contribution < 1.29 is 18.7 Å². The molecule has 5 rings (SSSR count). The molecule has 1 saturated heterocycles. The number of nitrogens with zero attached hydrogens (tertiary/aromatic N) is 3. The van der Waals surface area contributed by atoms with E-state index in [1.54, 1.807) is 13.2 Å². The third-order valence-corrected chi connectivity index (χ3v) is 7.54. The first kappa shape index (κ1) is 22.8. The molecule has 3 aliphatic heterocycles. The fraction of sp³-hybridized carbons (Fsp3) is 0.462. The largest absolute Gasteiger partial charge is 0.483 e. The van der Waals surface area contributed by atoms with Crippen molar-refractivity contribution >= 4 is 17.4 Å². The quantitative estimate of drug-likeness (QED) is 0.705. The molecule has 34 heavy (non-hydrogen) atoms. The van der Waals surface area contributed by atoms with E-state index in [0.717, 1.165) is 36.4 Å². The third-order valence-electron chi connectivity index (χ3n) is 7.54. The lowest BCUT2D eigenvalue weighted by Crippen LogP contribution is -2.57. The molecule has 1 amide bonds. The number of carbonyl (C=O) groups excluding carboxylic acids is 1. The number of hydrogen-bond acceptors (Lipinski definition) is 6. The van der Waals surface area contributed by atoms with Crippen LogP contribution in [-0.4, -0.2) is 62.6 Å². The average molecular weight is 467 g/mol. The minimum Gasteiger partial charge on any atom is -0.483 e. The van der Waals surface area contributed by atoms with Gasteiger partial charge in [0.2, 0.25) is 0 Å².